The third-order valence-electron chi connectivity index (χ3n) is 3.96. The monoisotopic (exact) mass is 329 g/mol. The van der Waals surface area contributed by atoms with Crippen LogP contribution >= 0.6 is 0 Å². The molecule has 2 rings (SSSR count). The van der Waals surface area contributed by atoms with Gasteiger partial charge in [0.1, 0.15) is 5.76 Å². The van der Waals surface area contributed by atoms with Crippen molar-refractivity contribution in [2.75, 3.05) is 19.3 Å². The van der Waals surface area contributed by atoms with Crippen LogP contribution in [0.25, 0.3) is 0 Å². The van der Waals surface area contributed by atoms with Gasteiger partial charge in [-0.2, -0.15) is 0 Å². The van der Waals surface area contributed by atoms with Crippen LogP contribution in [-0.2, 0) is 22.0 Å². The summed E-state index contributed by atoms with van der Waals surface area (Å²) in [5.74, 6) is 1.58. The average Bonchev–Trinajstić information content (AvgIpc) is 2.85. The van der Waals surface area contributed by atoms with Gasteiger partial charge in [0, 0.05) is 18.0 Å². The van der Waals surface area contributed by atoms with Crippen LogP contribution in [0.15, 0.2) is 10.6 Å². The lowest BCUT2D eigenvalue weighted by molar-refractivity contribution is 0.128. The molecule has 0 saturated carbocycles. The van der Waals surface area contributed by atoms with Gasteiger partial charge in [-0.25, -0.2) is 18.1 Å². The fourth-order valence-corrected chi connectivity index (χ4v) is 3.15. The maximum Gasteiger partial charge on any atom is 0.208 e. The van der Waals surface area contributed by atoms with Crippen molar-refractivity contribution in [3.63, 3.8) is 0 Å². The molecule has 0 amide bonds. The van der Waals surface area contributed by atoms with E-state index in [0.717, 1.165) is 31.6 Å². The number of aromatic nitrogens is 1. The Bertz CT molecular complexity index is 589. The predicted octanol–water partition coefficient (Wildman–Crippen LogP) is 1.88. The van der Waals surface area contributed by atoms with E-state index >= 15 is 0 Å². The molecule has 0 aromatic carbocycles. The highest BCUT2D eigenvalue weighted by Gasteiger charge is 2.26. The van der Waals surface area contributed by atoms with Gasteiger partial charge >= 0.3 is 0 Å². The van der Waals surface area contributed by atoms with Crippen molar-refractivity contribution >= 4 is 10.0 Å². The molecule has 22 heavy (non-hydrogen) atoms. The van der Waals surface area contributed by atoms with Crippen molar-refractivity contribution < 1.29 is 12.8 Å². The van der Waals surface area contributed by atoms with Crippen LogP contribution in [0.5, 0.6) is 0 Å². The first-order valence-corrected chi connectivity index (χ1v) is 9.68. The van der Waals surface area contributed by atoms with E-state index in [2.05, 4.69) is 35.4 Å². The summed E-state index contributed by atoms with van der Waals surface area (Å²) in [5.41, 5.74) is -0.0512. The number of nitrogens with zero attached hydrogens (tertiary/aromatic N) is 2. The van der Waals surface area contributed by atoms with E-state index in [9.17, 15) is 8.42 Å². The highest BCUT2D eigenvalue weighted by Crippen LogP contribution is 2.24. The molecule has 0 spiro atoms. The molecule has 1 aliphatic rings. The van der Waals surface area contributed by atoms with Crippen molar-refractivity contribution in [3.05, 3.63) is 17.8 Å². The molecule has 1 atom stereocenters. The minimum absolute atomic E-state index is 0.0512. The van der Waals surface area contributed by atoms with Crippen molar-refractivity contribution in [1.29, 1.82) is 0 Å². The van der Waals surface area contributed by atoms with Crippen LogP contribution in [0.3, 0.4) is 0 Å². The summed E-state index contributed by atoms with van der Waals surface area (Å²) < 4.78 is 31.1. The highest BCUT2D eigenvalue weighted by molar-refractivity contribution is 7.88. The number of nitrogens with one attached hydrogen (secondary N) is 1. The normalized spacial score (nSPS) is 21.2. The maximum atomic E-state index is 11.3. The molecule has 6 nitrogen and oxygen atoms in total. The molecule has 1 N–H and O–H groups in total. The quantitative estimate of drug-likeness (QED) is 0.892. The molecular formula is C15H27N3O3S. The Hall–Kier alpha value is -0.920. The van der Waals surface area contributed by atoms with E-state index in [1.807, 2.05) is 0 Å². The van der Waals surface area contributed by atoms with E-state index < -0.39 is 10.0 Å². The smallest absolute Gasteiger partial charge is 0.208 e. The first kappa shape index (κ1) is 17.4. The first-order chi connectivity index (χ1) is 10.1. The third-order valence-corrected chi connectivity index (χ3v) is 4.65. The van der Waals surface area contributed by atoms with Crippen LogP contribution < -0.4 is 4.72 Å². The van der Waals surface area contributed by atoms with Gasteiger partial charge in [-0.15, -0.1) is 0 Å². The van der Waals surface area contributed by atoms with E-state index in [-0.39, 0.29) is 11.5 Å². The zero-order chi connectivity index (χ0) is 16.4. The SMILES string of the molecule is CC(C)(C)c1cnc(CN2CCCC[C@@H]2CNS(C)(=O)=O)o1. The fraction of sp³-hybridized carbons (Fsp3) is 0.800. The summed E-state index contributed by atoms with van der Waals surface area (Å²) >= 11 is 0. The van der Waals surface area contributed by atoms with Crippen molar-refractivity contribution in [2.45, 2.75) is 58.0 Å². The van der Waals surface area contributed by atoms with Gasteiger partial charge in [0.2, 0.25) is 15.9 Å². The van der Waals surface area contributed by atoms with Crippen LogP contribution in [0, 0.1) is 0 Å². The Balaban J connectivity index is 2.00. The molecule has 1 aromatic heterocycles. The van der Waals surface area contributed by atoms with Gasteiger partial charge in [-0.3, -0.25) is 4.90 Å². The Kier molecular flexibility index (Phi) is 5.29. The number of hydrogen-bond acceptors (Lipinski definition) is 5. The maximum absolute atomic E-state index is 11.3. The van der Waals surface area contributed by atoms with Gasteiger partial charge in [0.25, 0.3) is 0 Å². The zero-order valence-corrected chi connectivity index (χ0v) is 14.7. The van der Waals surface area contributed by atoms with Crippen molar-refractivity contribution in [1.82, 2.24) is 14.6 Å². The molecule has 0 aliphatic carbocycles. The van der Waals surface area contributed by atoms with Crippen LogP contribution in [0.4, 0.5) is 0 Å². The van der Waals surface area contributed by atoms with Crippen molar-refractivity contribution in [3.8, 4) is 0 Å². The fourth-order valence-electron chi connectivity index (χ4n) is 2.65. The molecule has 126 valence electrons. The number of piperidine rings is 1. The van der Waals surface area contributed by atoms with Crippen molar-refractivity contribution in [2.24, 2.45) is 0 Å². The molecule has 0 unspecified atom stereocenters. The van der Waals surface area contributed by atoms with E-state index in [0.29, 0.717) is 19.0 Å². The molecule has 2 heterocycles. The topological polar surface area (TPSA) is 75.4 Å². The lowest BCUT2D eigenvalue weighted by Gasteiger charge is -2.34. The summed E-state index contributed by atoms with van der Waals surface area (Å²) in [4.78, 5) is 6.64. The van der Waals surface area contributed by atoms with Gasteiger partial charge in [-0.1, -0.05) is 27.2 Å². The standard InChI is InChI=1S/C15H27N3O3S/c1-15(2,3)13-10-16-14(21-13)11-18-8-6-5-7-12(18)9-17-22(4,19)20/h10,12,17H,5-9,11H2,1-4H3/t12-/m1/s1. The molecule has 1 aliphatic heterocycles. The average molecular weight is 329 g/mol. The van der Waals surface area contributed by atoms with Crippen LogP contribution in [0.1, 0.15) is 51.7 Å². The molecule has 0 bridgehead atoms. The molecular weight excluding hydrogens is 302 g/mol. The van der Waals surface area contributed by atoms with E-state index in [1.54, 1.807) is 6.20 Å². The van der Waals surface area contributed by atoms with Gasteiger partial charge < -0.3 is 4.42 Å². The second-order valence-electron chi connectivity index (χ2n) is 7.11. The van der Waals surface area contributed by atoms with Gasteiger partial charge in [-0.05, 0) is 19.4 Å². The molecule has 7 heteroatoms. The third kappa shape index (κ3) is 5.07. The molecule has 1 fully saturated rings. The first-order valence-electron chi connectivity index (χ1n) is 7.79. The largest absolute Gasteiger partial charge is 0.444 e. The highest BCUT2D eigenvalue weighted by atomic mass is 32.2. The Morgan fingerprint density at radius 1 is 1.41 bits per heavy atom. The number of sulfonamides is 1. The summed E-state index contributed by atoms with van der Waals surface area (Å²) in [5, 5.41) is 0. The number of likely N-dealkylation sites (tertiary alicyclic amines) is 1. The predicted molar refractivity (Wildman–Crippen MR) is 86.1 cm³/mol. The summed E-state index contributed by atoms with van der Waals surface area (Å²) in [6.45, 7) is 8.31. The number of rotatable bonds is 5. The minimum atomic E-state index is -3.15. The molecule has 1 aromatic rings. The second-order valence-corrected chi connectivity index (χ2v) is 8.94. The van der Waals surface area contributed by atoms with Crippen LogP contribution in [0.2, 0.25) is 0 Å². The summed E-state index contributed by atoms with van der Waals surface area (Å²) in [6, 6.07) is 0.202. The Morgan fingerprint density at radius 2 is 2.14 bits per heavy atom. The Labute approximate surface area is 133 Å². The number of hydrogen-bond donors (Lipinski definition) is 1. The van der Waals surface area contributed by atoms with Crippen LogP contribution in [-0.4, -0.2) is 43.7 Å². The molecule has 1 saturated heterocycles. The summed E-state index contributed by atoms with van der Waals surface area (Å²) in [6.07, 6.45) is 6.25. The summed E-state index contributed by atoms with van der Waals surface area (Å²) in [7, 11) is -3.15. The Morgan fingerprint density at radius 3 is 2.73 bits per heavy atom. The lowest BCUT2D eigenvalue weighted by atomic mass is 9.94. The van der Waals surface area contributed by atoms with Gasteiger partial charge in [0.15, 0.2) is 0 Å². The molecule has 0 radical (unpaired) electrons. The van der Waals surface area contributed by atoms with Gasteiger partial charge in [0.05, 0.1) is 19.0 Å². The van der Waals surface area contributed by atoms with E-state index in [1.165, 1.54) is 6.26 Å². The second kappa shape index (κ2) is 6.68. The number of oxazole rings is 1. The van der Waals surface area contributed by atoms with E-state index in [4.69, 9.17) is 4.42 Å². The lowest BCUT2D eigenvalue weighted by Crippen LogP contribution is -2.46. The zero-order valence-electron chi connectivity index (χ0n) is 13.9. The minimum Gasteiger partial charge on any atom is -0.444 e.